The monoisotopic (exact) mass is 351 g/mol. The molecule has 2 rings (SSSR count). The molecule has 1 aromatic heterocycles. The van der Waals surface area contributed by atoms with E-state index < -0.39 is 35.6 Å². The summed E-state index contributed by atoms with van der Waals surface area (Å²) in [4.78, 5) is 48.0. The van der Waals surface area contributed by atoms with Gasteiger partial charge in [0.05, 0.1) is 6.07 Å². The molecule has 0 radical (unpaired) electrons. The van der Waals surface area contributed by atoms with E-state index >= 15 is 0 Å². The van der Waals surface area contributed by atoms with Gasteiger partial charge < -0.3 is 25.2 Å². The van der Waals surface area contributed by atoms with E-state index in [1.165, 1.54) is 12.2 Å². The number of carboxylic acid groups (broad SMARTS) is 3. The number of H-pyrrole nitrogens is 1. The Balaban J connectivity index is 2.25. The third-order valence-corrected chi connectivity index (χ3v) is 3.20. The molecule has 1 aliphatic rings. The molecule has 1 aromatic rings. The fourth-order valence-electron chi connectivity index (χ4n) is 2.06. The van der Waals surface area contributed by atoms with E-state index in [-0.39, 0.29) is 17.9 Å². The molecule has 25 heavy (non-hydrogen) atoms. The lowest BCUT2D eigenvalue weighted by Gasteiger charge is -2.21. The fraction of sp³-hybridized carbons (Fsp3) is 0.214. The first-order valence-corrected chi connectivity index (χ1v) is 6.86. The third kappa shape index (κ3) is 4.43. The van der Waals surface area contributed by atoms with Crippen molar-refractivity contribution in [3.63, 3.8) is 0 Å². The lowest BCUT2D eigenvalue weighted by atomic mass is 10.00. The Kier molecular flexibility index (Phi) is 5.17. The molecule has 11 nitrogen and oxygen atoms in total. The van der Waals surface area contributed by atoms with E-state index in [0.717, 1.165) is 12.3 Å². The first-order valence-electron chi connectivity index (χ1n) is 6.86. The minimum Gasteiger partial charge on any atom is -0.480 e. The molecule has 0 bridgehead atoms. The van der Waals surface area contributed by atoms with Crippen molar-refractivity contribution < 1.29 is 34.2 Å². The van der Waals surface area contributed by atoms with E-state index in [1.54, 1.807) is 0 Å². The lowest BCUT2D eigenvalue weighted by Crippen LogP contribution is -2.41. The molecule has 1 aliphatic heterocycles. The van der Waals surface area contributed by atoms with Gasteiger partial charge >= 0.3 is 17.9 Å². The molecular formula is C14H13N3O8. The van der Waals surface area contributed by atoms with Gasteiger partial charge in [-0.15, -0.1) is 0 Å². The van der Waals surface area contributed by atoms with Gasteiger partial charge in [-0.1, -0.05) is 0 Å². The van der Waals surface area contributed by atoms with Crippen molar-refractivity contribution in [1.82, 2.24) is 10.5 Å². The highest BCUT2D eigenvalue weighted by Gasteiger charge is 2.26. The van der Waals surface area contributed by atoms with Crippen LogP contribution in [-0.2, 0) is 14.4 Å². The number of hydrogen-bond donors (Lipinski definition) is 5. The van der Waals surface area contributed by atoms with Crippen molar-refractivity contribution in [2.75, 3.05) is 0 Å². The summed E-state index contributed by atoms with van der Waals surface area (Å²) in [6.45, 7) is 0. The Morgan fingerprint density at radius 1 is 1.32 bits per heavy atom. The van der Waals surface area contributed by atoms with Crippen LogP contribution in [0, 0.1) is 0 Å². The van der Waals surface area contributed by atoms with Crippen LogP contribution in [0.1, 0.15) is 18.2 Å². The van der Waals surface area contributed by atoms with Gasteiger partial charge in [-0.3, -0.25) is 9.79 Å². The number of rotatable bonds is 6. The molecule has 0 unspecified atom stereocenters. The molecule has 0 saturated heterocycles. The Hall–Kier alpha value is -3.63. The first kappa shape index (κ1) is 17.7. The van der Waals surface area contributed by atoms with Crippen LogP contribution in [0.3, 0.4) is 0 Å². The highest BCUT2D eigenvalue weighted by Crippen LogP contribution is 2.18. The van der Waals surface area contributed by atoms with Crippen LogP contribution in [0.25, 0.3) is 0 Å². The van der Waals surface area contributed by atoms with Gasteiger partial charge in [-0.25, -0.2) is 14.4 Å². The van der Waals surface area contributed by atoms with Gasteiger partial charge in [0.2, 0.25) is 6.04 Å². The predicted molar refractivity (Wildman–Crippen MR) is 81.2 cm³/mol. The number of carbonyl (C=O) groups is 3. The van der Waals surface area contributed by atoms with Crippen molar-refractivity contribution in [1.29, 1.82) is 0 Å². The molecule has 2 heterocycles. The smallest absolute Gasteiger partial charge is 0.351 e. The number of aromatic nitrogens is 1. The highest BCUT2D eigenvalue weighted by atomic mass is 16.5. The number of nitrogens with one attached hydrogen (secondary N) is 2. The zero-order chi connectivity index (χ0) is 18.6. The van der Waals surface area contributed by atoms with Gasteiger partial charge in [0.15, 0.2) is 5.76 Å². The third-order valence-electron chi connectivity index (χ3n) is 3.20. The molecule has 0 saturated carbocycles. The average Bonchev–Trinajstić information content (AvgIpc) is 2.96. The summed E-state index contributed by atoms with van der Waals surface area (Å²) in [6, 6.07) is -1.67. The SMILES string of the molecule is O=C(O)C1=CC(=CC=N[C@H](C(=O)O)c2cc(=O)[nH]o2)C[C@H](C(=O)O)N1. The molecule has 11 heteroatoms. The summed E-state index contributed by atoms with van der Waals surface area (Å²) < 4.78 is 4.70. The van der Waals surface area contributed by atoms with Gasteiger partial charge in [-0.05, 0) is 17.7 Å². The number of aliphatic carboxylic acids is 3. The van der Waals surface area contributed by atoms with Crippen molar-refractivity contribution in [3.8, 4) is 0 Å². The molecular weight excluding hydrogens is 338 g/mol. The Bertz CT molecular complexity index is 844. The lowest BCUT2D eigenvalue weighted by molar-refractivity contribution is -0.140. The maximum absolute atomic E-state index is 11.2. The summed E-state index contributed by atoms with van der Waals surface area (Å²) in [7, 11) is 0. The molecule has 132 valence electrons. The average molecular weight is 351 g/mol. The van der Waals surface area contributed by atoms with Crippen LogP contribution < -0.4 is 10.9 Å². The van der Waals surface area contributed by atoms with Gasteiger partial charge in [0, 0.05) is 12.6 Å². The van der Waals surface area contributed by atoms with Crippen molar-refractivity contribution in [3.05, 3.63) is 45.6 Å². The molecule has 2 atom stereocenters. The second kappa shape index (κ2) is 7.29. The van der Waals surface area contributed by atoms with E-state index in [1.807, 2.05) is 5.16 Å². The van der Waals surface area contributed by atoms with Gasteiger partial charge in [-0.2, -0.15) is 5.16 Å². The molecule has 5 N–H and O–H groups in total. The number of carboxylic acids is 3. The topological polar surface area (TPSA) is 182 Å². The maximum Gasteiger partial charge on any atom is 0.351 e. The number of aromatic amines is 1. The number of aliphatic imine (C=N–C) groups is 1. The second-order valence-electron chi connectivity index (χ2n) is 5.00. The number of nitrogens with zero attached hydrogens (tertiary/aromatic N) is 1. The Labute approximate surface area is 139 Å². The van der Waals surface area contributed by atoms with E-state index in [9.17, 15) is 19.2 Å². The van der Waals surface area contributed by atoms with Crippen LogP contribution in [0.5, 0.6) is 0 Å². The Morgan fingerprint density at radius 2 is 2.04 bits per heavy atom. The van der Waals surface area contributed by atoms with Crippen molar-refractivity contribution in [2.45, 2.75) is 18.5 Å². The minimum atomic E-state index is -1.48. The minimum absolute atomic E-state index is 0.0187. The van der Waals surface area contributed by atoms with Crippen molar-refractivity contribution in [2.24, 2.45) is 4.99 Å². The molecule has 0 fully saturated rings. The maximum atomic E-state index is 11.2. The zero-order valence-electron chi connectivity index (χ0n) is 12.5. The molecule has 0 amide bonds. The quantitative estimate of drug-likeness (QED) is 0.422. The van der Waals surface area contributed by atoms with Gasteiger partial charge in [0.1, 0.15) is 11.7 Å². The second-order valence-corrected chi connectivity index (χ2v) is 5.00. The number of hydrogen-bond acceptors (Lipinski definition) is 7. The highest BCUT2D eigenvalue weighted by molar-refractivity contribution is 5.90. The van der Waals surface area contributed by atoms with Crippen LogP contribution >= 0.6 is 0 Å². The zero-order valence-corrected chi connectivity index (χ0v) is 12.5. The fourth-order valence-corrected chi connectivity index (χ4v) is 2.06. The van der Waals surface area contributed by atoms with E-state index in [2.05, 4.69) is 10.3 Å². The van der Waals surface area contributed by atoms with Crippen LogP contribution in [-0.4, -0.2) is 50.6 Å². The van der Waals surface area contributed by atoms with Crippen LogP contribution in [0.15, 0.2) is 43.8 Å². The van der Waals surface area contributed by atoms with E-state index in [4.69, 9.17) is 19.8 Å². The summed E-state index contributed by atoms with van der Waals surface area (Å²) in [5.74, 6) is -4.13. The molecule has 0 aromatic carbocycles. The van der Waals surface area contributed by atoms with Gasteiger partial charge in [0.25, 0.3) is 5.56 Å². The summed E-state index contributed by atoms with van der Waals surface area (Å²) in [6.07, 6.45) is 3.58. The van der Waals surface area contributed by atoms with E-state index in [0.29, 0.717) is 5.57 Å². The first-order chi connectivity index (χ1) is 11.8. The van der Waals surface area contributed by atoms with Crippen molar-refractivity contribution >= 4 is 24.1 Å². The Morgan fingerprint density at radius 3 is 2.56 bits per heavy atom. The normalized spacial score (nSPS) is 20.1. The van der Waals surface area contributed by atoms with Crippen LogP contribution in [0.2, 0.25) is 0 Å². The largest absolute Gasteiger partial charge is 0.480 e. The molecule has 0 aliphatic carbocycles. The summed E-state index contributed by atoms with van der Waals surface area (Å²) in [5.41, 5.74) is -0.594. The molecule has 0 spiro atoms. The predicted octanol–water partition coefficient (Wildman–Crippen LogP) is -0.494. The van der Waals surface area contributed by atoms with Crippen LogP contribution in [0.4, 0.5) is 0 Å². The summed E-state index contributed by atoms with van der Waals surface area (Å²) >= 11 is 0. The number of allylic oxidation sites excluding steroid dienone is 2. The summed E-state index contributed by atoms with van der Waals surface area (Å²) in [5, 5.41) is 31.4. The standard InChI is InChI=1S/C14H13N3O8/c18-10-5-9(25-17-10)11(14(23)24)15-2-1-6-3-7(12(19)20)16-8(4-6)13(21)22/h1-3,5,8,11,16H,4H2,(H,17,18)(H,19,20)(H,21,22)(H,23,24)/t8-,11+/m1/s1.